The van der Waals surface area contributed by atoms with E-state index in [0.717, 1.165) is 19.0 Å². The lowest BCUT2D eigenvalue weighted by molar-refractivity contribution is -0.688. The highest BCUT2D eigenvalue weighted by atomic mass is 16.5. The van der Waals surface area contributed by atoms with Crippen molar-refractivity contribution in [2.24, 2.45) is 0 Å². The van der Waals surface area contributed by atoms with Crippen LogP contribution in [0.2, 0.25) is 0 Å². The number of rotatable bonds is 6. The largest absolute Gasteiger partial charge is 0.492 e. The number of nitrogens with two attached hydrogens (primary N) is 1. The van der Waals surface area contributed by atoms with E-state index in [4.69, 9.17) is 10.00 Å². The fourth-order valence-electron chi connectivity index (χ4n) is 2.50. The molecule has 0 aromatic heterocycles. The molecule has 0 spiro atoms. The maximum Gasteiger partial charge on any atom is 0.137 e. The van der Waals surface area contributed by atoms with Crippen molar-refractivity contribution in [2.45, 2.75) is 38.1 Å². The van der Waals surface area contributed by atoms with Crippen LogP contribution in [0.15, 0.2) is 24.3 Å². The molecule has 3 heteroatoms. The van der Waals surface area contributed by atoms with Crippen molar-refractivity contribution in [3.8, 4) is 11.8 Å². The minimum Gasteiger partial charge on any atom is -0.492 e. The number of ether oxygens (including phenoxy) is 1. The summed E-state index contributed by atoms with van der Waals surface area (Å²) in [7, 11) is 0. The molecule has 0 radical (unpaired) electrons. The molecule has 0 saturated heterocycles. The number of hydrogen-bond acceptors (Lipinski definition) is 2. The van der Waals surface area contributed by atoms with Crippen molar-refractivity contribution >= 4 is 0 Å². The molecule has 96 valence electrons. The lowest BCUT2D eigenvalue weighted by Crippen LogP contribution is -2.89. The van der Waals surface area contributed by atoms with Crippen LogP contribution >= 0.6 is 0 Å². The molecule has 1 aliphatic carbocycles. The Labute approximate surface area is 109 Å². The predicted molar refractivity (Wildman–Crippen MR) is 70.3 cm³/mol. The molecule has 1 fully saturated rings. The standard InChI is InChI=1S/C15H20N2O/c16-12-13-6-1-4-9-15(13)18-11-5-10-17-14-7-2-3-8-14/h1,4,6,9,14,17H,2-3,5,7-8,10-11H2/p+1. The highest BCUT2D eigenvalue weighted by Crippen LogP contribution is 2.16. The first-order valence-electron chi connectivity index (χ1n) is 6.85. The van der Waals surface area contributed by atoms with Crippen LogP contribution in [0.4, 0.5) is 0 Å². The fraction of sp³-hybridized carbons (Fsp3) is 0.533. The van der Waals surface area contributed by atoms with Crippen LogP contribution in [0.1, 0.15) is 37.7 Å². The molecule has 1 aromatic rings. The summed E-state index contributed by atoms with van der Waals surface area (Å²) in [6.45, 7) is 1.82. The van der Waals surface area contributed by atoms with E-state index in [1.807, 2.05) is 18.2 Å². The molecule has 1 saturated carbocycles. The van der Waals surface area contributed by atoms with Crippen LogP contribution in [-0.2, 0) is 0 Å². The van der Waals surface area contributed by atoms with Crippen LogP contribution in [0.3, 0.4) is 0 Å². The second-order valence-corrected chi connectivity index (χ2v) is 4.88. The van der Waals surface area contributed by atoms with Crippen molar-refractivity contribution in [3.05, 3.63) is 29.8 Å². The zero-order valence-corrected chi connectivity index (χ0v) is 10.8. The highest BCUT2D eigenvalue weighted by molar-refractivity contribution is 5.42. The zero-order valence-electron chi connectivity index (χ0n) is 10.8. The van der Waals surface area contributed by atoms with E-state index in [-0.39, 0.29) is 0 Å². The molecule has 1 aromatic carbocycles. The van der Waals surface area contributed by atoms with Gasteiger partial charge in [0.05, 0.1) is 24.8 Å². The topological polar surface area (TPSA) is 49.6 Å². The van der Waals surface area contributed by atoms with Gasteiger partial charge in [0, 0.05) is 6.42 Å². The van der Waals surface area contributed by atoms with E-state index in [0.29, 0.717) is 17.9 Å². The van der Waals surface area contributed by atoms with Gasteiger partial charge in [-0.1, -0.05) is 12.1 Å². The Morgan fingerprint density at radius 2 is 2.06 bits per heavy atom. The van der Waals surface area contributed by atoms with Gasteiger partial charge in [-0.2, -0.15) is 5.26 Å². The third-order valence-electron chi connectivity index (χ3n) is 3.51. The van der Waals surface area contributed by atoms with Gasteiger partial charge in [-0.05, 0) is 37.8 Å². The molecule has 0 atom stereocenters. The predicted octanol–water partition coefficient (Wildman–Crippen LogP) is 1.83. The highest BCUT2D eigenvalue weighted by Gasteiger charge is 2.16. The maximum atomic E-state index is 8.93. The molecule has 3 nitrogen and oxygen atoms in total. The molecule has 2 N–H and O–H groups in total. The van der Waals surface area contributed by atoms with Crippen molar-refractivity contribution in [1.82, 2.24) is 0 Å². The van der Waals surface area contributed by atoms with Crippen molar-refractivity contribution < 1.29 is 10.1 Å². The second-order valence-electron chi connectivity index (χ2n) is 4.88. The summed E-state index contributed by atoms with van der Waals surface area (Å²) < 4.78 is 5.65. The number of quaternary nitrogens is 1. The van der Waals surface area contributed by atoms with E-state index < -0.39 is 0 Å². The van der Waals surface area contributed by atoms with Crippen LogP contribution in [0.5, 0.6) is 5.75 Å². The van der Waals surface area contributed by atoms with Gasteiger partial charge in [0.2, 0.25) is 0 Å². The molecule has 0 heterocycles. The van der Waals surface area contributed by atoms with Crippen molar-refractivity contribution in [1.29, 1.82) is 5.26 Å². The minimum atomic E-state index is 0.622. The van der Waals surface area contributed by atoms with Crippen LogP contribution < -0.4 is 10.1 Å². The van der Waals surface area contributed by atoms with Gasteiger partial charge in [0.25, 0.3) is 0 Å². The molecule has 0 bridgehead atoms. The van der Waals surface area contributed by atoms with Crippen LogP contribution in [0.25, 0.3) is 0 Å². The van der Waals surface area contributed by atoms with Crippen LogP contribution in [-0.4, -0.2) is 19.2 Å². The van der Waals surface area contributed by atoms with E-state index >= 15 is 0 Å². The second kappa shape index (κ2) is 7.03. The van der Waals surface area contributed by atoms with Gasteiger partial charge in [-0.25, -0.2) is 0 Å². The average molecular weight is 245 g/mol. The fourth-order valence-corrected chi connectivity index (χ4v) is 2.50. The van der Waals surface area contributed by atoms with Crippen molar-refractivity contribution in [2.75, 3.05) is 13.2 Å². The summed E-state index contributed by atoms with van der Waals surface area (Å²) in [5, 5.41) is 11.4. The monoisotopic (exact) mass is 245 g/mol. The summed E-state index contributed by atoms with van der Waals surface area (Å²) in [6, 6.07) is 10.4. The Balaban J connectivity index is 1.64. The zero-order chi connectivity index (χ0) is 12.6. The molecule has 2 rings (SSSR count). The molecule has 0 aliphatic heterocycles. The number of nitriles is 1. The van der Waals surface area contributed by atoms with Gasteiger partial charge in [0.15, 0.2) is 0 Å². The SMILES string of the molecule is N#Cc1ccccc1OCCC[NH2+]C1CCCC1. The lowest BCUT2D eigenvalue weighted by atomic mass is 10.2. The third kappa shape index (κ3) is 3.75. The van der Waals surface area contributed by atoms with Gasteiger partial charge in [-0.3, -0.25) is 0 Å². The molecular weight excluding hydrogens is 224 g/mol. The normalized spacial score (nSPS) is 15.5. The maximum absolute atomic E-state index is 8.93. The van der Waals surface area contributed by atoms with E-state index in [2.05, 4.69) is 11.4 Å². The Morgan fingerprint density at radius 3 is 2.83 bits per heavy atom. The summed E-state index contributed by atoms with van der Waals surface area (Å²) in [5.74, 6) is 0.709. The smallest absolute Gasteiger partial charge is 0.137 e. The number of para-hydroxylation sites is 1. The Kier molecular flexibility index (Phi) is 5.04. The molecular formula is C15H21N2O+. The van der Waals surface area contributed by atoms with E-state index in [9.17, 15) is 0 Å². The molecule has 0 unspecified atom stereocenters. The number of benzene rings is 1. The van der Waals surface area contributed by atoms with Crippen molar-refractivity contribution in [3.63, 3.8) is 0 Å². The first-order valence-corrected chi connectivity index (χ1v) is 6.85. The summed E-state index contributed by atoms with van der Waals surface area (Å²) in [4.78, 5) is 0. The molecule has 1 aliphatic rings. The van der Waals surface area contributed by atoms with E-state index in [1.165, 1.54) is 25.7 Å². The number of nitrogens with zero attached hydrogens (tertiary/aromatic N) is 1. The summed E-state index contributed by atoms with van der Waals surface area (Å²) in [5.41, 5.74) is 0.622. The number of hydrogen-bond donors (Lipinski definition) is 1. The lowest BCUT2D eigenvalue weighted by Gasteiger charge is -2.09. The molecule has 18 heavy (non-hydrogen) atoms. The quantitative estimate of drug-likeness (QED) is 0.777. The first kappa shape index (κ1) is 12.9. The van der Waals surface area contributed by atoms with E-state index in [1.54, 1.807) is 6.07 Å². The average Bonchev–Trinajstić information content (AvgIpc) is 2.92. The summed E-state index contributed by atoms with van der Waals surface area (Å²) >= 11 is 0. The Hall–Kier alpha value is -1.53. The van der Waals surface area contributed by atoms with Gasteiger partial charge < -0.3 is 10.1 Å². The van der Waals surface area contributed by atoms with Gasteiger partial charge in [0.1, 0.15) is 11.8 Å². The van der Waals surface area contributed by atoms with Crippen LogP contribution in [0, 0.1) is 11.3 Å². The third-order valence-corrected chi connectivity index (χ3v) is 3.51. The Bertz CT molecular complexity index is 405. The minimum absolute atomic E-state index is 0.622. The Morgan fingerprint density at radius 1 is 1.28 bits per heavy atom. The van der Waals surface area contributed by atoms with Gasteiger partial charge in [-0.15, -0.1) is 0 Å². The summed E-state index contributed by atoms with van der Waals surface area (Å²) in [6.07, 6.45) is 6.58. The molecule has 0 amide bonds. The van der Waals surface area contributed by atoms with Gasteiger partial charge >= 0.3 is 0 Å². The first-order chi connectivity index (χ1) is 8.90.